The molecule has 2 aromatic carbocycles. The van der Waals surface area contributed by atoms with Gasteiger partial charge >= 0.3 is 5.97 Å². The van der Waals surface area contributed by atoms with E-state index in [0.29, 0.717) is 5.56 Å². The van der Waals surface area contributed by atoms with E-state index in [-0.39, 0.29) is 22.6 Å². The molecule has 0 aliphatic carbocycles. The molecule has 19 heavy (non-hydrogen) atoms. The van der Waals surface area contributed by atoms with Gasteiger partial charge in [-0.05, 0) is 29.4 Å². The Hall–Kier alpha value is -2.82. The van der Waals surface area contributed by atoms with Gasteiger partial charge in [0, 0.05) is 5.56 Å². The molecule has 0 saturated carbocycles. The zero-order valence-electron chi connectivity index (χ0n) is 9.74. The van der Waals surface area contributed by atoms with Crippen LogP contribution in [0.5, 0.6) is 0 Å². The quantitative estimate of drug-likeness (QED) is 0.672. The van der Waals surface area contributed by atoms with E-state index < -0.39 is 5.97 Å². The molecule has 0 spiro atoms. The SMILES string of the molecule is O=Nc1ccccc1C(=O)c1ccc(C(=O)O)cc1. The van der Waals surface area contributed by atoms with Crippen LogP contribution in [0.1, 0.15) is 26.3 Å². The number of aromatic carboxylic acids is 1. The van der Waals surface area contributed by atoms with Crippen molar-refractivity contribution in [2.24, 2.45) is 5.18 Å². The first kappa shape index (κ1) is 12.6. The van der Waals surface area contributed by atoms with Crippen LogP contribution in [0.3, 0.4) is 0 Å². The minimum atomic E-state index is -1.06. The van der Waals surface area contributed by atoms with Crippen molar-refractivity contribution >= 4 is 17.4 Å². The van der Waals surface area contributed by atoms with Crippen LogP contribution >= 0.6 is 0 Å². The first-order valence-electron chi connectivity index (χ1n) is 5.44. The first-order chi connectivity index (χ1) is 9.13. The fraction of sp³-hybridized carbons (Fsp3) is 0. The number of nitrogens with zero attached hydrogens (tertiary/aromatic N) is 1. The lowest BCUT2D eigenvalue weighted by Crippen LogP contribution is -2.03. The Kier molecular flexibility index (Phi) is 3.47. The number of hydrogen-bond acceptors (Lipinski definition) is 4. The number of nitroso groups, excluding NO2 is 1. The molecular formula is C14H9NO4. The Morgan fingerprint density at radius 3 is 2.05 bits per heavy atom. The van der Waals surface area contributed by atoms with E-state index >= 15 is 0 Å². The van der Waals surface area contributed by atoms with Crippen LogP contribution in [0, 0.1) is 4.91 Å². The average Bonchev–Trinajstić information content (AvgIpc) is 2.46. The molecule has 0 unspecified atom stereocenters. The van der Waals surface area contributed by atoms with Gasteiger partial charge in [0.15, 0.2) is 5.78 Å². The molecule has 0 fully saturated rings. The molecule has 5 heteroatoms. The van der Waals surface area contributed by atoms with Gasteiger partial charge in [0.25, 0.3) is 0 Å². The van der Waals surface area contributed by atoms with Crippen LogP contribution < -0.4 is 0 Å². The Labute approximate surface area is 108 Å². The van der Waals surface area contributed by atoms with Crippen molar-refractivity contribution in [1.82, 2.24) is 0 Å². The molecule has 0 aliphatic heterocycles. The summed E-state index contributed by atoms with van der Waals surface area (Å²) >= 11 is 0. The summed E-state index contributed by atoms with van der Waals surface area (Å²) in [5, 5.41) is 11.6. The Morgan fingerprint density at radius 1 is 0.895 bits per heavy atom. The highest BCUT2D eigenvalue weighted by molar-refractivity contribution is 6.12. The number of hydrogen-bond donors (Lipinski definition) is 1. The minimum Gasteiger partial charge on any atom is -0.478 e. The lowest BCUT2D eigenvalue weighted by molar-refractivity contribution is 0.0696. The molecule has 0 bridgehead atoms. The van der Waals surface area contributed by atoms with Crippen LogP contribution in [-0.2, 0) is 0 Å². The summed E-state index contributed by atoms with van der Waals surface area (Å²) in [4.78, 5) is 33.5. The summed E-state index contributed by atoms with van der Waals surface area (Å²) < 4.78 is 0. The Balaban J connectivity index is 2.39. The average molecular weight is 255 g/mol. The minimum absolute atomic E-state index is 0.0646. The second-order valence-corrected chi connectivity index (χ2v) is 3.82. The normalized spacial score (nSPS) is 9.89. The van der Waals surface area contributed by atoms with E-state index in [2.05, 4.69) is 5.18 Å². The predicted molar refractivity (Wildman–Crippen MR) is 68.7 cm³/mol. The number of rotatable bonds is 4. The molecule has 2 aromatic rings. The largest absolute Gasteiger partial charge is 0.478 e. The highest BCUT2D eigenvalue weighted by Gasteiger charge is 2.14. The van der Waals surface area contributed by atoms with E-state index in [1.807, 2.05) is 0 Å². The zero-order valence-corrected chi connectivity index (χ0v) is 9.74. The van der Waals surface area contributed by atoms with Crippen molar-refractivity contribution < 1.29 is 14.7 Å². The summed E-state index contributed by atoms with van der Waals surface area (Å²) in [5.41, 5.74) is 0.662. The lowest BCUT2D eigenvalue weighted by atomic mass is 10.0. The summed E-state index contributed by atoms with van der Waals surface area (Å²) in [7, 11) is 0. The number of benzene rings is 2. The fourth-order valence-electron chi connectivity index (χ4n) is 1.66. The smallest absolute Gasteiger partial charge is 0.335 e. The predicted octanol–water partition coefficient (Wildman–Crippen LogP) is 3.01. The van der Waals surface area contributed by atoms with E-state index in [9.17, 15) is 14.5 Å². The number of carbonyl (C=O) groups is 2. The maximum atomic E-state index is 12.2. The number of carbonyl (C=O) groups excluding carboxylic acids is 1. The van der Waals surface area contributed by atoms with Gasteiger partial charge in [0.1, 0.15) is 5.69 Å². The van der Waals surface area contributed by atoms with Gasteiger partial charge in [-0.25, -0.2) is 4.79 Å². The first-order valence-corrected chi connectivity index (χ1v) is 5.44. The molecular weight excluding hydrogens is 246 g/mol. The van der Waals surface area contributed by atoms with Crippen LogP contribution in [0.15, 0.2) is 53.7 Å². The van der Waals surface area contributed by atoms with Crippen LogP contribution in [0.2, 0.25) is 0 Å². The molecule has 0 radical (unpaired) electrons. The Morgan fingerprint density at radius 2 is 1.47 bits per heavy atom. The topological polar surface area (TPSA) is 83.8 Å². The van der Waals surface area contributed by atoms with Crippen molar-refractivity contribution in [2.75, 3.05) is 0 Å². The molecule has 0 atom stereocenters. The summed E-state index contributed by atoms with van der Waals surface area (Å²) in [6.45, 7) is 0. The van der Waals surface area contributed by atoms with E-state index in [4.69, 9.17) is 5.11 Å². The summed E-state index contributed by atoms with van der Waals surface area (Å²) in [5.74, 6) is -1.43. The zero-order chi connectivity index (χ0) is 13.8. The van der Waals surface area contributed by atoms with Gasteiger partial charge in [-0.15, -0.1) is 4.91 Å². The van der Waals surface area contributed by atoms with Crippen LogP contribution in [-0.4, -0.2) is 16.9 Å². The standard InChI is InChI=1S/C14H9NO4/c16-13(11-3-1-2-4-12(11)15-19)9-5-7-10(8-6-9)14(17)18/h1-8H,(H,17,18). The van der Waals surface area contributed by atoms with Gasteiger partial charge in [0.2, 0.25) is 0 Å². The molecule has 2 rings (SSSR count). The second kappa shape index (κ2) is 5.22. The number of carboxylic acid groups (broad SMARTS) is 1. The molecule has 0 heterocycles. The van der Waals surface area contributed by atoms with Gasteiger partial charge < -0.3 is 5.11 Å². The fourth-order valence-corrected chi connectivity index (χ4v) is 1.66. The van der Waals surface area contributed by atoms with E-state index in [1.54, 1.807) is 12.1 Å². The van der Waals surface area contributed by atoms with E-state index in [0.717, 1.165) is 0 Å². The third kappa shape index (κ3) is 2.55. The number of carboxylic acids is 1. The molecule has 5 nitrogen and oxygen atoms in total. The van der Waals surface area contributed by atoms with Gasteiger partial charge in [-0.1, -0.05) is 24.3 Å². The molecule has 0 amide bonds. The summed E-state index contributed by atoms with van der Waals surface area (Å²) in [6, 6.07) is 11.7. The molecule has 0 aromatic heterocycles. The van der Waals surface area contributed by atoms with Crippen molar-refractivity contribution in [2.45, 2.75) is 0 Å². The molecule has 1 N–H and O–H groups in total. The highest BCUT2D eigenvalue weighted by Crippen LogP contribution is 2.21. The maximum Gasteiger partial charge on any atom is 0.335 e. The third-order valence-corrected chi connectivity index (χ3v) is 2.64. The van der Waals surface area contributed by atoms with Crippen LogP contribution in [0.25, 0.3) is 0 Å². The molecule has 94 valence electrons. The van der Waals surface area contributed by atoms with Crippen molar-refractivity contribution in [1.29, 1.82) is 0 Å². The lowest BCUT2D eigenvalue weighted by Gasteiger charge is -2.03. The van der Waals surface area contributed by atoms with Crippen LogP contribution in [0.4, 0.5) is 5.69 Å². The van der Waals surface area contributed by atoms with E-state index in [1.165, 1.54) is 36.4 Å². The highest BCUT2D eigenvalue weighted by atomic mass is 16.4. The van der Waals surface area contributed by atoms with Gasteiger partial charge in [0.05, 0.1) is 11.1 Å². The monoisotopic (exact) mass is 255 g/mol. The van der Waals surface area contributed by atoms with Gasteiger partial charge in [-0.3, -0.25) is 4.79 Å². The maximum absolute atomic E-state index is 12.2. The third-order valence-electron chi connectivity index (χ3n) is 2.64. The number of ketones is 1. The molecule has 0 saturated heterocycles. The van der Waals surface area contributed by atoms with Crippen molar-refractivity contribution in [3.8, 4) is 0 Å². The van der Waals surface area contributed by atoms with Crippen molar-refractivity contribution in [3.63, 3.8) is 0 Å². The Bertz CT molecular complexity index is 647. The second-order valence-electron chi connectivity index (χ2n) is 3.82. The van der Waals surface area contributed by atoms with Gasteiger partial charge in [-0.2, -0.15) is 0 Å². The summed E-state index contributed by atoms with van der Waals surface area (Å²) in [6.07, 6.45) is 0. The van der Waals surface area contributed by atoms with Crippen molar-refractivity contribution in [3.05, 3.63) is 70.1 Å². The molecule has 0 aliphatic rings.